The van der Waals surface area contributed by atoms with Gasteiger partial charge in [0, 0.05) is 6.54 Å². The van der Waals surface area contributed by atoms with Crippen LogP contribution in [0.15, 0.2) is 30.3 Å². The summed E-state index contributed by atoms with van der Waals surface area (Å²) >= 11 is 0. The third kappa shape index (κ3) is 7.37. The van der Waals surface area contributed by atoms with Crippen molar-refractivity contribution < 1.29 is 19.1 Å². The number of benzene rings is 1. The molecule has 1 aromatic carbocycles. The Bertz CT molecular complexity index is 572. The van der Waals surface area contributed by atoms with E-state index in [1.54, 1.807) is 0 Å². The molecule has 138 valence electrons. The van der Waals surface area contributed by atoms with E-state index in [1.165, 1.54) is 0 Å². The highest BCUT2D eigenvalue weighted by Crippen LogP contribution is 2.28. The number of nitrogens with one attached hydrogen (secondary N) is 2. The van der Waals surface area contributed by atoms with Crippen molar-refractivity contribution in [3.8, 4) is 0 Å². The first kappa shape index (κ1) is 20.7. The first-order valence-electron chi connectivity index (χ1n) is 8.64. The number of hydrogen-bond donors (Lipinski definition) is 2. The van der Waals surface area contributed by atoms with Crippen molar-refractivity contribution in [3.63, 3.8) is 0 Å². The SMILES string of the molecule is CC[C@@H](C)[C@H](C(=O)OCC(=O)NC(=O)NCC(C)C)c1ccccc1. The minimum atomic E-state index is -0.648. The standard InChI is InChI=1S/C19H28N2O4/c1-5-14(4)17(15-9-7-6-8-10-15)18(23)25-12-16(22)21-19(24)20-11-13(2)3/h6-10,13-14,17H,5,11-12H2,1-4H3,(H2,20,21,22,24)/t14-,17+/m1/s1. The van der Waals surface area contributed by atoms with Gasteiger partial charge in [-0.15, -0.1) is 0 Å². The van der Waals surface area contributed by atoms with Gasteiger partial charge in [-0.3, -0.25) is 14.9 Å². The fraction of sp³-hybridized carbons (Fsp3) is 0.526. The Kier molecular flexibility index (Phi) is 8.67. The third-order valence-electron chi connectivity index (χ3n) is 3.89. The maximum Gasteiger partial charge on any atom is 0.321 e. The highest BCUT2D eigenvalue weighted by molar-refractivity contribution is 5.95. The van der Waals surface area contributed by atoms with Gasteiger partial charge in [0.25, 0.3) is 5.91 Å². The van der Waals surface area contributed by atoms with Crippen LogP contribution in [0.2, 0.25) is 0 Å². The summed E-state index contributed by atoms with van der Waals surface area (Å²) in [5.74, 6) is -1.19. The van der Waals surface area contributed by atoms with Crippen LogP contribution in [0.25, 0.3) is 0 Å². The molecule has 0 heterocycles. The van der Waals surface area contributed by atoms with Crippen molar-refractivity contribution >= 4 is 17.9 Å². The zero-order valence-electron chi connectivity index (χ0n) is 15.4. The van der Waals surface area contributed by atoms with E-state index in [9.17, 15) is 14.4 Å². The van der Waals surface area contributed by atoms with Crippen LogP contribution >= 0.6 is 0 Å². The molecule has 0 spiro atoms. The predicted molar refractivity (Wildman–Crippen MR) is 96.0 cm³/mol. The van der Waals surface area contributed by atoms with Gasteiger partial charge in [-0.1, -0.05) is 64.4 Å². The number of imide groups is 1. The Hall–Kier alpha value is -2.37. The molecule has 1 aromatic rings. The van der Waals surface area contributed by atoms with Crippen LogP contribution in [0.4, 0.5) is 4.79 Å². The van der Waals surface area contributed by atoms with Gasteiger partial charge < -0.3 is 10.1 Å². The summed E-state index contributed by atoms with van der Waals surface area (Å²) in [5, 5.41) is 4.71. The molecule has 25 heavy (non-hydrogen) atoms. The first-order valence-corrected chi connectivity index (χ1v) is 8.64. The number of carbonyl (C=O) groups is 3. The molecule has 2 N–H and O–H groups in total. The lowest BCUT2D eigenvalue weighted by Crippen LogP contribution is -2.42. The van der Waals surface area contributed by atoms with Crippen LogP contribution in [0, 0.1) is 11.8 Å². The molecule has 0 fully saturated rings. The van der Waals surface area contributed by atoms with Gasteiger partial charge in [0.05, 0.1) is 5.92 Å². The van der Waals surface area contributed by atoms with E-state index in [0.29, 0.717) is 6.54 Å². The van der Waals surface area contributed by atoms with Gasteiger partial charge in [0.2, 0.25) is 0 Å². The lowest BCUT2D eigenvalue weighted by Gasteiger charge is -2.21. The predicted octanol–water partition coefficient (Wildman–Crippen LogP) is 2.84. The summed E-state index contributed by atoms with van der Waals surface area (Å²) in [4.78, 5) is 35.7. The van der Waals surface area contributed by atoms with E-state index in [4.69, 9.17) is 4.74 Å². The lowest BCUT2D eigenvalue weighted by atomic mass is 9.86. The van der Waals surface area contributed by atoms with Gasteiger partial charge in [-0.25, -0.2) is 4.79 Å². The van der Waals surface area contributed by atoms with E-state index in [-0.39, 0.29) is 11.8 Å². The number of ether oxygens (including phenoxy) is 1. The Labute approximate surface area is 149 Å². The number of amides is 3. The van der Waals surface area contributed by atoms with Crippen LogP contribution in [-0.2, 0) is 14.3 Å². The average Bonchev–Trinajstić information content (AvgIpc) is 2.59. The Balaban J connectivity index is 2.57. The van der Waals surface area contributed by atoms with Gasteiger partial charge >= 0.3 is 12.0 Å². The topological polar surface area (TPSA) is 84.5 Å². The van der Waals surface area contributed by atoms with Crippen molar-refractivity contribution in [1.82, 2.24) is 10.6 Å². The minimum Gasteiger partial charge on any atom is -0.455 e. The van der Waals surface area contributed by atoms with Crippen LogP contribution in [0.5, 0.6) is 0 Å². The molecule has 0 saturated heterocycles. The molecule has 0 saturated carbocycles. The third-order valence-corrected chi connectivity index (χ3v) is 3.89. The van der Waals surface area contributed by atoms with Gasteiger partial charge in [0.1, 0.15) is 0 Å². The zero-order chi connectivity index (χ0) is 18.8. The van der Waals surface area contributed by atoms with Crippen molar-refractivity contribution in [3.05, 3.63) is 35.9 Å². The highest BCUT2D eigenvalue weighted by atomic mass is 16.5. The van der Waals surface area contributed by atoms with Crippen LogP contribution in [0.3, 0.4) is 0 Å². The van der Waals surface area contributed by atoms with Crippen LogP contribution in [0.1, 0.15) is 45.6 Å². The fourth-order valence-corrected chi connectivity index (χ4v) is 2.32. The Morgan fingerprint density at radius 3 is 2.28 bits per heavy atom. The maximum atomic E-state index is 12.4. The summed E-state index contributed by atoms with van der Waals surface area (Å²) < 4.78 is 5.14. The van der Waals surface area contributed by atoms with Gasteiger partial charge in [-0.05, 0) is 17.4 Å². The molecule has 0 bridgehead atoms. The fourth-order valence-electron chi connectivity index (χ4n) is 2.32. The normalized spacial score (nSPS) is 13.0. The van der Waals surface area contributed by atoms with Crippen molar-refractivity contribution in [1.29, 1.82) is 0 Å². The Morgan fingerprint density at radius 1 is 1.08 bits per heavy atom. The van der Waals surface area contributed by atoms with Crippen molar-refractivity contribution in [2.24, 2.45) is 11.8 Å². The second-order valence-electron chi connectivity index (χ2n) is 6.53. The molecule has 0 unspecified atom stereocenters. The van der Waals surface area contributed by atoms with Crippen LogP contribution < -0.4 is 10.6 Å². The van der Waals surface area contributed by atoms with E-state index in [0.717, 1.165) is 12.0 Å². The smallest absolute Gasteiger partial charge is 0.321 e. The molecule has 0 aliphatic rings. The molecule has 3 amide bonds. The minimum absolute atomic E-state index is 0.0762. The average molecular weight is 348 g/mol. The summed E-state index contributed by atoms with van der Waals surface area (Å²) in [6.07, 6.45) is 0.804. The van der Waals surface area contributed by atoms with Crippen molar-refractivity contribution in [2.45, 2.75) is 40.0 Å². The van der Waals surface area contributed by atoms with E-state index < -0.39 is 30.4 Å². The summed E-state index contributed by atoms with van der Waals surface area (Å²) in [6.45, 7) is 7.85. The molecule has 0 aliphatic carbocycles. The molecule has 6 nitrogen and oxygen atoms in total. The Morgan fingerprint density at radius 2 is 1.72 bits per heavy atom. The summed E-state index contributed by atoms with van der Waals surface area (Å²) in [6, 6.07) is 8.77. The van der Waals surface area contributed by atoms with Crippen molar-refractivity contribution in [2.75, 3.05) is 13.2 Å². The van der Waals surface area contributed by atoms with Gasteiger partial charge in [-0.2, -0.15) is 0 Å². The van der Waals surface area contributed by atoms with Gasteiger partial charge in [0.15, 0.2) is 6.61 Å². The lowest BCUT2D eigenvalue weighted by molar-refractivity contribution is -0.151. The highest BCUT2D eigenvalue weighted by Gasteiger charge is 2.27. The van der Waals surface area contributed by atoms with E-state index >= 15 is 0 Å². The number of rotatable bonds is 8. The molecule has 6 heteroatoms. The largest absolute Gasteiger partial charge is 0.455 e. The number of hydrogen-bond acceptors (Lipinski definition) is 4. The molecule has 2 atom stereocenters. The summed E-state index contributed by atoms with van der Waals surface area (Å²) in [5.41, 5.74) is 0.858. The second kappa shape index (κ2) is 10.5. The number of urea groups is 1. The molecular weight excluding hydrogens is 320 g/mol. The zero-order valence-corrected chi connectivity index (χ0v) is 15.4. The quantitative estimate of drug-likeness (QED) is 0.708. The molecule has 1 rings (SSSR count). The summed E-state index contributed by atoms with van der Waals surface area (Å²) in [7, 11) is 0. The maximum absolute atomic E-state index is 12.4. The first-order chi connectivity index (χ1) is 11.8. The molecule has 0 radical (unpaired) electrons. The monoisotopic (exact) mass is 348 g/mol. The number of carbonyl (C=O) groups excluding carboxylic acids is 3. The van der Waals surface area contributed by atoms with E-state index in [1.807, 2.05) is 58.0 Å². The second-order valence-corrected chi connectivity index (χ2v) is 6.53. The van der Waals surface area contributed by atoms with Crippen LogP contribution in [-0.4, -0.2) is 31.1 Å². The number of esters is 1. The molecular formula is C19H28N2O4. The molecule has 0 aromatic heterocycles. The van der Waals surface area contributed by atoms with E-state index in [2.05, 4.69) is 10.6 Å². The molecule has 0 aliphatic heterocycles.